The van der Waals surface area contributed by atoms with Crippen LogP contribution in [0.4, 0.5) is 0 Å². The van der Waals surface area contributed by atoms with Gasteiger partial charge in [0.1, 0.15) is 19.3 Å². The van der Waals surface area contributed by atoms with Gasteiger partial charge in [0, 0.05) is 25.7 Å². The summed E-state index contributed by atoms with van der Waals surface area (Å²) in [6.07, 6.45) is 47.0. The standard InChI is InChI=1S/C68H132O17P2/c1-6-9-12-15-18-21-23-24-28-32-37-42-47-52-66(71)79-58-64(85-68(73)54-49-44-39-34-29-25-27-31-35-40-45-50-61(4)5)60-83-87(76,77)81-56-62(69)55-80-86(74,75)82-59-63(57-78-65(70)51-46-41-36-30-20-17-14-11-8-3)84-67(72)53-48-43-38-33-26-22-19-16-13-10-7-2/h61-64,69H,6-60H2,1-5H3,(H,74,75)(H,76,77)/t62-,63+,64+/m0/s1. The van der Waals surface area contributed by atoms with E-state index in [-0.39, 0.29) is 25.7 Å². The Hall–Kier alpha value is -1.94. The van der Waals surface area contributed by atoms with Crippen LogP contribution in [0.25, 0.3) is 0 Å². The highest BCUT2D eigenvalue weighted by molar-refractivity contribution is 7.47. The van der Waals surface area contributed by atoms with Gasteiger partial charge in [-0.25, -0.2) is 9.13 Å². The molecule has 0 radical (unpaired) electrons. The number of phosphoric acid groups is 2. The van der Waals surface area contributed by atoms with Crippen molar-refractivity contribution in [2.24, 2.45) is 5.92 Å². The molecular weight excluding hydrogens is 1150 g/mol. The van der Waals surface area contributed by atoms with E-state index >= 15 is 0 Å². The number of aliphatic hydroxyl groups excluding tert-OH is 1. The molecule has 0 bridgehead atoms. The first-order valence-electron chi connectivity index (χ1n) is 35.6. The maximum absolute atomic E-state index is 13.0. The summed E-state index contributed by atoms with van der Waals surface area (Å²) in [5.74, 6) is -1.36. The van der Waals surface area contributed by atoms with Crippen LogP contribution in [0.5, 0.6) is 0 Å². The largest absolute Gasteiger partial charge is 0.472 e. The van der Waals surface area contributed by atoms with E-state index < -0.39 is 97.5 Å². The Balaban J connectivity index is 5.24. The van der Waals surface area contributed by atoms with Crippen molar-refractivity contribution in [3.05, 3.63) is 0 Å². The molecule has 0 saturated heterocycles. The normalized spacial score (nSPS) is 14.1. The number of carbonyl (C=O) groups is 4. The summed E-state index contributed by atoms with van der Waals surface area (Å²) in [4.78, 5) is 72.4. The molecule has 3 N–H and O–H groups in total. The molecule has 0 rings (SSSR count). The van der Waals surface area contributed by atoms with Crippen LogP contribution < -0.4 is 0 Å². The van der Waals surface area contributed by atoms with Crippen molar-refractivity contribution in [3.8, 4) is 0 Å². The average molecular weight is 1280 g/mol. The molecule has 2 unspecified atom stereocenters. The Morgan fingerprint density at radius 2 is 0.529 bits per heavy atom. The highest BCUT2D eigenvalue weighted by Crippen LogP contribution is 2.45. The van der Waals surface area contributed by atoms with E-state index in [1.54, 1.807) is 0 Å². The second-order valence-corrected chi connectivity index (χ2v) is 27.9. The summed E-state index contributed by atoms with van der Waals surface area (Å²) < 4.78 is 68.2. The SMILES string of the molecule is CCCCCCCCCCCCCCCC(=O)OC[C@H](COP(=O)(O)OC[C@@H](O)COP(=O)(O)OC[C@@H](COC(=O)CCCCCCCCCCC)OC(=O)CCCCCCCCCCCCC)OC(=O)CCCCCCCCCCCCCC(C)C. The zero-order chi connectivity index (χ0) is 64.2. The molecule has 0 aromatic heterocycles. The van der Waals surface area contributed by atoms with E-state index in [9.17, 15) is 43.2 Å². The second-order valence-electron chi connectivity index (χ2n) is 25.0. The molecule has 5 atom stereocenters. The van der Waals surface area contributed by atoms with E-state index in [2.05, 4.69) is 34.6 Å². The van der Waals surface area contributed by atoms with Gasteiger partial charge in [-0.3, -0.25) is 37.3 Å². The van der Waals surface area contributed by atoms with E-state index in [1.807, 2.05) is 0 Å². The van der Waals surface area contributed by atoms with Crippen molar-refractivity contribution >= 4 is 39.5 Å². The molecular formula is C68H132O17P2. The fraction of sp³-hybridized carbons (Fsp3) is 0.941. The van der Waals surface area contributed by atoms with Crippen LogP contribution in [0.3, 0.4) is 0 Å². The summed E-state index contributed by atoms with van der Waals surface area (Å²) in [6.45, 7) is 7.22. The third-order valence-corrected chi connectivity index (χ3v) is 17.7. The predicted octanol–water partition coefficient (Wildman–Crippen LogP) is 19.4. The average Bonchev–Trinajstić information content (AvgIpc) is 3.70. The number of aliphatic hydroxyl groups is 1. The van der Waals surface area contributed by atoms with Gasteiger partial charge < -0.3 is 33.8 Å². The summed E-state index contributed by atoms with van der Waals surface area (Å²) in [6, 6.07) is 0. The number of hydrogen-bond acceptors (Lipinski definition) is 15. The van der Waals surface area contributed by atoms with Crippen LogP contribution in [0.1, 0.15) is 349 Å². The minimum atomic E-state index is -4.95. The summed E-state index contributed by atoms with van der Waals surface area (Å²) in [5.41, 5.74) is 0. The smallest absolute Gasteiger partial charge is 0.462 e. The van der Waals surface area contributed by atoms with Crippen LogP contribution in [0, 0.1) is 5.92 Å². The minimum Gasteiger partial charge on any atom is -0.462 e. The maximum Gasteiger partial charge on any atom is 0.472 e. The van der Waals surface area contributed by atoms with Gasteiger partial charge in [-0.1, -0.05) is 298 Å². The van der Waals surface area contributed by atoms with Crippen molar-refractivity contribution in [1.29, 1.82) is 0 Å². The molecule has 0 aliphatic carbocycles. The van der Waals surface area contributed by atoms with Crippen LogP contribution in [0.2, 0.25) is 0 Å². The fourth-order valence-corrected chi connectivity index (χ4v) is 11.9. The lowest BCUT2D eigenvalue weighted by atomic mass is 10.0. The Bertz CT molecular complexity index is 1690. The molecule has 0 amide bonds. The van der Waals surface area contributed by atoms with Gasteiger partial charge in [0.15, 0.2) is 12.2 Å². The van der Waals surface area contributed by atoms with Crippen molar-refractivity contribution in [1.82, 2.24) is 0 Å². The fourth-order valence-electron chi connectivity index (χ4n) is 10.3. The lowest BCUT2D eigenvalue weighted by Gasteiger charge is -2.21. The van der Waals surface area contributed by atoms with Crippen molar-refractivity contribution in [2.75, 3.05) is 39.6 Å². The molecule has 0 heterocycles. The first kappa shape index (κ1) is 85.1. The number of carbonyl (C=O) groups excluding carboxylic acids is 4. The summed E-state index contributed by atoms with van der Waals surface area (Å²) in [7, 11) is -9.89. The predicted molar refractivity (Wildman–Crippen MR) is 349 cm³/mol. The van der Waals surface area contributed by atoms with Crippen LogP contribution >= 0.6 is 15.6 Å². The first-order valence-corrected chi connectivity index (χ1v) is 38.6. The Labute approximate surface area is 530 Å². The Kier molecular flexibility index (Phi) is 60.2. The summed E-state index contributed by atoms with van der Waals surface area (Å²) >= 11 is 0. The molecule has 0 spiro atoms. The lowest BCUT2D eigenvalue weighted by Crippen LogP contribution is -2.30. The van der Waals surface area contributed by atoms with E-state index in [1.165, 1.54) is 173 Å². The zero-order valence-corrected chi connectivity index (χ0v) is 57.9. The Morgan fingerprint density at radius 1 is 0.310 bits per heavy atom. The number of unbranched alkanes of at least 4 members (excludes halogenated alkanes) is 40. The van der Waals surface area contributed by atoms with Gasteiger partial charge in [-0.05, 0) is 31.6 Å². The van der Waals surface area contributed by atoms with Gasteiger partial charge in [0.2, 0.25) is 0 Å². The molecule has 17 nitrogen and oxygen atoms in total. The number of hydrogen-bond donors (Lipinski definition) is 3. The van der Waals surface area contributed by atoms with E-state index in [0.29, 0.717) is 25.7 Å². The van der Waals surface area contributed by atoms with Crippen LogP contribution in [-0.2, 0) is 65.4 Å². The number of ether oxygens (including phenoxy) is 4. The molecule has 87 heavy (non-hydrogen) atoms. The van der Waals surface area contributed by atoms with Gasteiger partial charge in [0.25, 0.3) is 0 Å². The van der Waals surface area contributed by atoms with Gasteiger partial charge in [0.05, 0.1) is 26.4 Å². The van der Waals surface area contributed by atoms with Gasteiger partial charge in [-0.2, -0.15) is 0 Å². The van der Waals surface area contributed by atoms with E-state index in [0.717, 1.165) is 95.8 Å². The molecule has 0 aliphatic heterocycles. The van der Waals surface area contributed by atoms with Gasteiger partial charge >= 0.3 is 39.5 Å². The zero-order valence-electron chi connectivity index (χ0n) is 56.2. The van der Waals surface area contributed by atoms with Crippen LogP contribution in [0.15, 0.2) is 0 Å². The topological polar surface area (TPSA) is 237 Å². The highest BCUT2D eigenvalue weighted by Gasteiger charge is 2.30. The monoisotopic (exact) mass is 1280 g/mol. The van der Waals surface area contributed by atoms with Crippen molar-refractivity contribution in [2.45, 2.75) is 368 Å². The number of rotatable bonds is 68. The lowest BCUT2D eigenvalue weighted by molar-refractivity contribution is -0.161. The second kappa shape index (κ2) is 61.6. The quantitative estimate of drug-likeness (QED) is 0.0222. The third-order valence-electron chi connectivity index (χ3n) is 15.8. The molecule has 0 saturated carbocycles. The van der Waals surface area contributed by atoms with E-state index in [4.69, 9.17) is 37.0 Å². The highest BCUT2D eigenvalue weighted by atomic mass is 31.2. The molecule has 0 aliphatic rings. The molecule has 0 fully saturated rings. The van der Waals surface area contributed by atoms with Gasteiger partial charge in [-0.15, -0.1) is 0 Å². The number of esters is 4. The summed E-state index contributed by atoms with van der Waals surface area (Å²) in [5, 5.41) is 10.6. The molecule has 19 heteroatoms. The molecule has 0 aromatic carbocycles. The maximum atomic E-state index is 13.0. The molecule has 0 aromatic rings. The minimum absolute atomic E-state index is 0.107. The first-order chi connectivity index (χ1) is 42.0. The Morgan fingerprint density at radius 3 is 0.782 bits per heavy atom. The van der Waals surface area contributed by atoms with Crippen molar-refractivity contribution < 1.29 is 80.2 Å². The van der Waals surface area contributed by atoms with Crippen molar-refractivity contribution in [3.63, 3.8) is 0 Å². The third kappa shape index (κ3) is 62.6. The number of phosphoric ester groups is 2. The van der Waals surface area contributed by atoms with Crippen LogP contribution in [-0.4, -0.2) is 96.7 Å². The molecule has 516 valence electrons.